The summed E-state index contributed by atoms with van der Waals surface area (Å²) >= 11 is 3.28. The van der Waals surface area contributed by atoms with E-state index in [1.165, 1.54) is 24.3 Å². The summed E-state index contributed by atoms with van der Waals surface area (Å²) in [6.45, 7) is 0. The van der Waals surface area contributed by atoms with Crippen LogP contribution in [0.2, 0.25) is 0 Å². The Morgan fingerprint density at radius 2 is 1.68 bits per heavy atom. The maximum Gasteiger partial charge on any atom is 0.263 e. The highest BCUT2D eigenvalue weighted by Gasteiger charge is 2.11. The quantitative estimate of drug-likeness (QED) is 0.918. The first-order chi connectivity index (χ1) is 9.06. The molecular formula is C14H12BrF2NO. The molecule has 0 aliphatic heterocycles. The molecule has 1 unspecified atom stereocenters. The minimum atomic E-state index is -2.49. The molecule has 1 aromatic heterocycles. The molecule has 0 saturated carbocycles. The number of nitrogens with zero attached hydrogens (tertiary/aromatic N) is 1. The van der Waals surface area contributed by atoms with Crippen molar-refractivity contribution in [3.8, 4) is 0 Å². The van der Waals surface area contributed by atoms with Crippen molar-refractivity contribution in [1.29, 1.82) is 0 Å². The molecule has 1 atom stereocenters. The van der Waals surface area contributed by atoms with Gasteiger partial charge in [0.2, 0.25) is 0 Å². The monoisotopic (exact) mass is 327 g/mol. The van der Waals surface area contributed by atoms with Gasteiger partial charge in [0.1, 0.15) is 0 Å². The van der Waals surface area contributed by atoms with Crippen LogP contribution in [-0.2, 0) is 6.42 Å². The lowest BCUT2D eigenvalue weighted by molar-refractivity contribution is 0.151. The SMILES string of the molecule is OC(Cc1ccc(Br)cn1)c1ccc(C(F)F)cc1. The van der Waals surface area contributed by atoms with Gasteiger partial charge in [-0.05, 0) is 33.6 Å². The van der Waals surface area contributed by atoms with Crippen LogP contribution >= 0.6 is 15.9 Å². The van der Waals surface area contributed by atoms with Crippen LogP contribution in [-0.4, -0.2) is 10.1 Å². The standard InChI is InChI=1S/C14H12BrF2NO/c15-11-5-6-12(18-8-11)7-13(19)9-1-3-10(4-2-9)14(16)17/h1-6,8,13-14,19H,7H2. The molecule has 0 fully saturated rings. The Bertz CT molecular complexity index is 528. The zero-order chi connectivity index (χ0) is 13.8. The molecule has 1 heterocycles. The van der Waals surface area contributed by atoms with Crippen molar-refractivity contribution >= 4 is 15.9 Å². The summed E-state index contributed by atoms with van der Waals surface area (Å²) in [5.74, 6) is 0. The highest BCUT2D eigenvalue weighted by molar-refractivity contribution is 9.10. The molecule has 0 aliphatic rings. The van der Waals surface area contributed by atoms with Gasteiger partial charge in [0.05, 0.1) is 6.10 Å². The van der Waals surface area contributed by atoms with Crippen molar-refractivity contribution < 1.29 is 13.9 Å². The van der Waals surface area contributed by atoms with Crippen molar-refractivity contribution in [2.45, 2.75) is 19.0 Å². The van der Waals surface area contributed by atoms with E-state index in [-0.39, 0.29) is 5.56 Å². The van der Waals surface area contributed by atoms with E-state index in [9.17, 15) is 13.9 Å². The minimum absolute atomic E-state index is 0.0438. The van der Waals surface area contributed by atoms with Crippen LogP contribution in [0.3, 0.4) is 0 Å². The Hall–Kier alpha value is -1.33. The molecule has 0 radical (unpaired) electrons. The van der Waals surface area contributed by atoms with E-state index >= 15 is 0 Å². The van der Waals surface area contributed by atoms with Gasteiger partial charge in [-0.25, -0.2) is 8.78 Å². The van der Waals surface area contributed by atoms with Crippen LogP contribution in [0, 0.1) is 0 Å². The molecule has 2 aromatic rings. The van der Waals surface area contributed by atoms with Gasteiger partial charge in [-0.1, -0.05) is 24.3 Å². The van der Waals surface area contributed by atoms with Gasteiger partial charge in [0.15, 0.2) is 0 Å². The lowest BCUT2D eigenvalue weighted by Crippen LogP contribution is -2.03. The highest BCUT2D eigenvalue weighted by Crippen LogP contribution is 2.23. The van der Waals surface area contributed by atoms with Crippen LogP contribution in [0.1, 0.15) is 29.4 Å². The van der Waals surface area contributed by atoms with Crippen LogP contribution < -0.4 is 0 Å². The summed E-state index contributed by atoms with van der Waals surface area (Å²) < 4.78 is 25.7. The smallest absolute Gasteiger partial charge is 0.263 e. The molecule has 0 bridgehead atoms. The lowest BCUT2D eigenvalue weighted by atomic mass is 10.0. The fourth-order valence-corrected chi connectivity index (χ4v) is 1.94. The largest absolute Gasteiger partial charge is 0.388 e. The third kappa shape index (κ3) is 3.81. The third-order valence-corrected chi connectivity index (χ3v) is 3.23. The van der Waals surface area contributed by atoms with Crippen molar-refractivity contribution in [1.82, 2.24) is 4.98 Å². The molecule has 2 rings (SSSR count). The van der Waals surface area contributed by atoms with Gasteiger partial charge in [-0.15, -0.1) is 0 Å². The molecule has 0 aliphatic carbocycles. The van der Waals surface area contributed by atoms with Crippen molar-refractivity contribution in [3.05, 3.63) is 63.9 Å². The number of aliphatic hydroxyl groups is 1. The molecule has 2 nitrogen and oxygen atoms in total. The molecule has 0 amide bonds. The molecule has 1 aromatic carbocycles. The number of hydrogen-bond donors (Lipinski definition) is 1. The van der Waals surface area contributed by atoms with E-state index in [4.69, 9.17) is 0 Å². The summed E-state index contributed by atoms with van der Waals surface area (Å²) in [7, 11) is 0. The molecule has 0 spiro atoms. The number of rotatable bonds is 4. The zero-order valence-corrected chi connectivity index (χ0v) is 11.5. The van der Waals surface area contributed by atoms with Crippen LogP contribution in [0.4, 0.5) is 8.78 Å². The highest BCUT2D eigenvalue weighted by atomic mass is 79.9. The number of halogens is 3. The Morgan fingerprint density at radius 1 is 1.05 bits per heavy atom. The zero-order valence-electron chi connectivity index (χ0n) is 9.93. The molecular weight excluding hydrogens is 316 g/mol. The summed E-state index contributed by atoms with van der Waals surface area (Å²) in [5, 5.41) is 10.0. The van der Waals surface area contributed by atoms with Gasteiger partial charge in [-0.3, -0.25) is 4.98 Å². The first kappa shape index (κ1) is 14.1. The number of aromatic nitrogens is 1. The number of alkyl halides is 2. The van der Waals surface area contributed by atoms with Gasteiger partial charge in [-0.2, -0.15) is 0 Å². The second-order valence-corrected chi connectivity index (χ2v) is 5.07. The number of pyridine rings is 1. The van der Waals surface area contributed by atoms with Crippen molar-refractivity contribution in [2.75, 3.05) is 0 Å². The van der Waals surface area contributed by atoms with Crippen molar-refractivity contribution in [3.63, 3.8) is 0 Å². The Kier molecular flexibility index (Phi) is 4.61. The maximum atomic E-state index is 12.4. The fourth-order valence-electron chi connectivity index (χ4n) is 1.71. The summed E-state index contributed by atoms with van der Waals surface area (Å²) in [4.78, 5) is 4.16. The van der Waals surface area contributed by atoms with E-state index < -0.39 is 12.5 Å². The predicted octanol–water partition coefficient (Wildman–Crippen LogP) is 4.06. The molecule has 100 valence electrons. The summed E-state index contributed by atoms with van der Waals surface area (Å²) in [6.07, 6.45) is -1.23. The molecule has 19 heavy (non-hydrogen) atoms. The van der Waals surface area contributed by atoms with Crippen molar-refractivity contribution in [2.24, 2.45) is 0 Å². The average molecular weight is 328 g/mol. The molecule has 1 N–H and O–H groups in total. The predicted molar refractivity (Wildman–Crippen MR) is 72.0 cm³/mol. The van der Waals surface area contributed by atoms with Gasteiger partial charge in [0, 0.05) is 28.3 Å². The van der Waals surface area contributed by atoms with Gasteiger partial charge >= 0.3 is 0 Å². The molecule has 5 heteroatoms. The van der Waals surface area contributed by atoms with Crippen LogP contribution in [0.15, 0.2) is 47.1 Å². The molecule has 0 saturated heterocycles. The van der Waals surface area contributed by atoms with E-state index in [0.29, 0.717) is 12.0 Å². The van der Waals surface area contributed by atoms with E-state index in [0.717, 1.165) is 10.2 Å². The maximum absolute atomic E-state index is 12.4. The Labute approximate surface area is 118 Å². The number of hydrogen-bond acceptors (Lipinski definition) is 2. The second-order valence-electron chi connectivity index (χ2n) is 4.16. The Balaban J connectivity index is 2.07. The van der Waals surface area contributed by atoms with E-state index in [1.807, 2.05) is 6.07 Å². The third-order valence-electron chi connectivity index (χ3n) is 2.76. The van der Waals surface area contributed by atoms with Gasteiger partial charge in [0.25, 0.3) is 6.43 Å². The van der Waals surface area contributed by atoms with E-state index in [2.05, 4.69) is 20.9 Å². The number of aliphatic hydroxyl groups excluding tert-OH is 1. The normalized spacial score (nSPS) is 12.7. The van der Waals surface area contributed by atoms with Crippen LogP contribution in [0.25, 0.3) is 0 Å². The van der Waals surface area contributed by atoms with E-state index in [1.54, 1.807) is 12.3 Å². The van der Waals surface area contributed by atoms with Crippen LogP contribution in [0.5, 0.6) is 0 Å². The Morgan fingerprint density at radius 3 is 2.21 bits per heavy atom. The topological polar surface area (TPSA) is 33.1 Å². The number of benzene rings is 1. The second kappa shape index (κ2) is 6.21. The van der Waals surface area contributed by atoms with Gasteiger partial charge < -0.3 is 5.11 Å². The average Bonchev–Trinajstić information content (AvgIpc) is 2.41. The minimum Gasteiger partial charge on any atom is -0.388 e. The summed E-state index contributed by atoms with van der Waals surface area (Å²) in [6, 6.07) is 9.35. The summed E-state index contributed by atoms with van der Waals surface area (Å²) in [5.41, 5.74) is 1.31. The first-order valence-electron chi connectivity index (χ1n) is 5.73. The lowest BCUT2D eigenvalue weighted by Gasteiger charge is -2.11. The fraction of sp³-hybridized carbons (Fsp3) is 0.214. The first-order valence-corrected chi connectivity index (χ1v) is 6.52.